The Morgan fingerprint density at radius 3 is 2.81 bits per heavy atom. The van der Waals surface area contributed by atoms with Gasteiger partial charge in [0.15, 0.2) is 0 Å². The molecule has 86 valence electrons. The summed E-state index contributed by atoms with van der Waals surface area (Å²) in [6.07, 6.45) is 2.56. The number of rotatable bonds is 3. The van der Waals surface area contributed by atoms with Crippen molar-refractivity contribution in [2.75, 3.05) is 26.3 Å². The molecule has 2 aliphatic rings. The SMILES string of the molecule is c1ccc(C2COC2)c(CC2CCNC2)c1. The Balaban J connectivity index is 1.76. The van der Waals surface area contributed by atoms with Gasteiger partial charge in [-0.3, -0.25) is 0 Å². The number of nitrogens with one attached hydrogen (secondary N) is 1. The minimum atomic E-state index is 0.658. The van der Waals surface area contributed by atoms with Crippen molar-refractivity contribution in [1.29, 1.82) is 0 Å². The van der Waals surface area contributed by atoms with Crippen molar-refractivity contribution in [2.24, 2.45) is 5.92 Å². The van der Waals surface area contributed by atoms with Crippen LogP contribution in [0.1, 0.15) is 23.5 Å². The molecule has 2 heterocycles. The molecule has 2 fully saturated rings. The van der Waals surface area contributed by atoms with Gasteiger partial charge in [0.1, 0.15) is 0 Å². The van der Waals surface area contributed by atoms with Gasteiger partial charge in [0, 0.05) is 5.92 Å². The largest absolute Gasteiger partial charge is 0.380 e. The lowest BCUT2D eigenvalue weighted by molar-refractivity contribution is 0.00802. The van der Waals surface area contributed by atoms with Gasteiger partial charge in [0.25, 0.3) is 0 Å². The van der Waals surface area contributed by atoms with Crippen LogP contribution in [-0.4, -0.2) is 26.3 Å². The third-order valence-electron chi connectivity index (χ3n) is 3.80. The van der Waals surface area contributed by atoms with Gasteiger partial charge in [-0.1, -0.05) is 24.3 Å². The molecule has 0 radical (unpaired) electrons. The molecule has 1 atom stereocenters. The molecule has 1 aromatic carbocycles. The minimum Gasteiger partial charge on any atom is -0.380 e. The smallest absolute Gasteiger partial charge is 0.0557 e. The summed E-state index contributed by atoms with van der Waals surface area (Å²) >= 11 is 0. The third kappa shape index (κ3) is 2.00. The second kappa shape index (κ2) is 4.56. The molecule has 1 unspecified atom stereocenters. The molecule has 0 spiro atoms. The van der Waals surface area contributed by atoms with Crippen LogP contribution in [0, 0.1) is 5.92 Å². The lowest BCUT2D eigenvalue weighted by atomic mass is 9.88. The number of ether oxygens (including phenoxy) is 1. The van der Waals surface area contributed by atoms with E-state index in [1.54, 1.807) is 5.56 Å². The predicted octanol–water partition coefficient (Wildman–Crippen LogP) is 1.95. The van der Waals surface area contributed by atoms with Crippen molar-refractivity contribution in [3.8, 4) is 0 Å². The molecule has 0 saturated carbocycles. The standard InChI is InChI=1S/C14H19NO/c1-2-4-14(13-9-16-10-13)12(3-1)7-11-5-6-15-8-11/h1-4,11,13,15H,5-10H2. The van der Waals surface area contributed by atoms with Gasteiger partial charge >= 0.3 is 0 Å². The van der Waals surface area contributed by atoms with Crippen molar-refractivity contribution >= 4 is 0 Å². The third-order valence-corrected chi connectivity index (χ3v) is 3.80. The maximum Gasteiger partial charge on any atom is 0.0557 e. The van der Waals surface area contributed by atoms with Crippen LogP contribution < -0.4 is 5.32 Å². The minimum absolute atomic E-state index is 0.658. The second-order valence-corrected chi connectivity index (χ2v) is 5.00. The van der Waals surface area contributed by atoms with Gasteiger partial charge < -0.3 is 10.1 Å². The first-order valence-electron chi connectivity index (χ1n) is 6.30. The molecule has 2 nitrogen and oxygen atoms in total. The van der Waals surface area contributed by atoms with Crippen LogP contribution in [0.3, 0.4) is 0 Å². The summed E-state index contributed by atoms with van der Waals surface area (Å²) in [5.41, 5.74) is 3.07. The first kappa shape index (κ1) is 10.3. The van der Waals surface area contributed by atoms with Crippen LogP contribution in [0.5, 0.6) is 0 Å². The molecule has 0 amide bonds. The van der Waals surface area contributed by atoms with E-state index in [1.165, 1.54) is 31.5 Å². The Bertz CT molecular complexity index is 354. The van der Waals surface area contributed by atoms with Crippen molar-refractivity contribution in [2.45, 2.75) is 18.8 Å². The first-order valence-corrected chi connectivity index (χ1v) is 6.30. The molecule has 1 aromatic rings. The fourth-order valence-corrected chi connectivity index (χ4v) is 2.73. The molecule has 1 N–H and O–H groups in total. The zero-order chi connectivity index (χ0) is 10.8. The topological polar surface area (TPSA) is 21.3 Å². The molecule has 0 aliphatic carbocycles. The maximum absolute atomic E-state index is 5.30. The quantitative estimate of drug-likeness (QED) is 0.835. The van der Waals surface area contributed by atoms with Crippen molar-refractivity contribution in [3.63, 3.8) is 0 Å². The summed E-state index contributed by atoms with van der Waals surface area (Å²) < 4.78 is 5.30. The molecule has 0 bridgehead atoms. The van der Waals surface area contributed by atoms with Crippen LogP contribution in [0.2, 0.25) is 0 Å². The van der Waals surface area contributed by atoms with Crippen LogP contribution in [0.25, 0.3) is 0 Å². The molecule has 2 aliphatic heterocycles. The van der Waals surface area contributed by atoms with Crippen LogP contribution in [-0.2, 0) is 11.2 Å². The van der Waals surface area contributed by atoms with Crippen molar-refractivity contribution in [1.82, 2.24) is 5.32 Å². The Morgan fingerprint density at radius 1 is 1.25 bits per heavy atom. The normalized spacial score (nSPS) is 25.6. The molecule has 3 rings (SSSR count). The van der Waals surface area contributed by atoms with Gasteiger partial charge in [-0.05, 0) is 43.0 Å². The van der Waals surface area contributed by atoms with Crippen molar-refractivity contribution < 1.29 is 4.74 Å². The van der Waals surface area contributed by atoms with E-state index in [-0.39, 0.29) is 0 Å². The zero-order valence-electron chi connectivity index (χ0n) is 9.61. The fraction of sp³-hybridized carbons (Fsp3) is 0.571. The lowest BCUT2D eigenvalue weighted by Gasteiger charge is -2.28. The number of hydrogen-bond donors (Lipinski definition) is 1. The summed E-state index contributed by atoms with van der Waals surface area (Å²) in [7, 11) is 0. The first-order chi connectivity index (χ1) is 7.93. The van der Waals surface area contributed by atoms with E-state index < -0.39 is 0 Å². The van der Waals surface area contributed by atoms with Gasteiger partial charge in [0.2, 0.25) is 0 Å². The van der Waals surface area contributed by atoms with Crippen LogP contribution >= 0.6 is 0 Å². The fourth-order valence-electron chi connectivity index (χ4n) is 2.73. The van der Waals surface area contributed by atoms with E-state index in [0.29, 0.717) is 5.92 Å². The van der Waals surface area contributed by atoms with Gasteiger partial charge in [-0.25, -0.2) is 0 Å². The highest BCUT2D eigenvalue weighted by Crippen LogP contribution is 2.29. The summed E-state index contributed by atoms with van der Waals surface area (Å²) in [6, 6.07) is 8.90. The molecular weight excluding hydrogens is 198 g/mol. The van der Waals surface area contributed by atoms with E-state index >= 15 is 0 Å². The van der Waals surface area contributed by atoms with Gasteiger partial charge in [-0.15, -0.1) is 0 Å². The van der Waals surface area contributed by atoms with E-state index in [4.69, 9.17) is 4.74 Å². The Kier molecular flexibility index (Phi) is 2.94. The average molecular weight is 217 g/mol. The van der Waals surface area contributed by atoms with E-state index in [9.17, 15) is 0 Å². The second-order valence-electron chi connectivity index (χ2n) is 5.00. The summed E-state index contributed by atoms with van der Waals surface area (Å²) in [5, 5.41) is 3.44. The van der Waals surface area contributed by atoms with E-state index in [1.807, 2.05) is 0 Å². The Morgan fingerprint density at radius 2 is 2.12 bits per heavy atom. The maximum atomic E-state index is 5.30. The number of benzene rings is 1. The van der Waals surface area contributed by atoms with Crippen molar-refractivity contribution in [3.05, 3.63) is 35.4 Å². The van der Waals surface area contributed by atoms with Crippen LogP contribution in [0.15, 0.2) is 24.3 Å². The van der Waals surface area contributed by atoms with Gasteiger partial charge in [0.05, 0.1) is 13.2 Å². The number of hydrogen-bond acceptors (Lipinski definition) is 2. The Hall–Kier alpha value is -0.860. The molecular formula is C14H19NO. The van der Waals surface area contributed by atoms with E-state index in [0.717, 1.165) is 19.1 Å². The lowest BCUT2D eigenvalue weighted by Crippen LogP contribution is -2.26. The van der Waals surface area contributed by atoms with Crippen LogP contribution in [0.4, 0.5) is 0 Å². The Labute approximate surface area is 97.0 Å². The van der Waals surface area contributed by atoms with E-state index in [2.05, 4.69) is 29.6 Å². The molecule has 2 saturated heterocycles. The van der Waals surface area contributed by atoms with Gasteiger partial charge in [-0.2, -0.15) is 0 Å². The predicted molar refractivity (Wildman–Crippen MR) is 64.7 cm³/mol. The molecule has 2 heteroatoms. The molecule has 0 aromatic heterocycles. The summed E-state index contributed by atoms with van der Waals surface area (Å²) in [6.45, 7) is 4.22. The highest BCUT2D eigenvalue weighted by atomic mass is 16.5. The highest BCUT2D eigenvalue weighted by molar-refractivity contribution is 5.32. The molecule has 16 heavy (non-hydrogen) atoms. The summed E-state index contributed by atoms with van der Waals surface area (Å²) in [4.78, 5) is 0. The average Bonchev–Trinajstić information content (AvgIpc) is 2.71. The monoisotopic (exact) mass is 217 g/mol. The zero-order valence-corrected chi connectivity index (χ0v) is 9.61. The summed E-state index contributed by atoms with van der Waals surface area (Å²) in [5.74, 6) is 1.49. The highest BCUT2D eigenvalue weighted by Gasteiger charge is 2.24.